The Labute approximate surface area is 197 Å². The Morgan fingerprint density at radius 1 is 1.15 bits per heavy atom. The van der Waals surface area contributed by atoms with Crippen molar-refractivity contribution in [3.63, 3.8) is 0 Å². The van der Waals surface area contributed by atoms with E-state index in [1.165, 1.54) is 11.3 Å². The minimum atomic E-state index is -4.48. The Hall–Kier alpha value is -2.61. The number of aromatic nitrogens is 4. The fourth-order valence-electron chi connectivity index (χ4n) is 4.15. The number of thiazole rings is 1. The molecule has 3 aromatic heterocycles. The Morgan fingerprint density at radius 2 is 1.88 bits per heavy atom. The van der Waals surface area contributed by atoms with Gasteiger partial charge in [-0.25, -0.2) is 9.97 Å². The quantitative estimate of drug-likeness (QED) is 0.325. The highest BCUT2D eigenvalue weighted by Gasteiger charge is 2.47. The van der Waals surface area contributed by atoms with Crippen molar-refractivity contribution in [2.24, 2.45) is 5.92 Å². The molecule has 184 valence electrons. The first kappa shape index (κ1) is 24.5. The molecule has 4 rings (SSSR count). The van der Waals surface area contributed by atoms with Crippen LogP contribution in [0.3, 0.4) is 0 Å². The van der Waals surface area contributed by atoms with Gasteiger partial charge in [0.05, 0.1) is 21.7 Å². The summed E-state index contributed by atoms with van der Waals surface area (Å²) in [7, 11) is 0. The summed E-state index contributed by atoms with van der Waals surface area (Å²) >= 11 is 1.34. The second-order valence-electron chi connectivity index (χ2n) is 8.52. The maximum Gasteiger partial charge on any atom is 0.405 e. The molecule has 1 fully saturated rings. The van der Waals surface area contributed by atoms with Crippen molar-refractivity contribution in [3.05, 3.63) is 23.1 Å². The molecule has 1 aliphatic carbocycles. The van der Waals surface area contributed by atoms with E-state index in [0.717, 1.165) is 16.1 Å². The lowest BCUT2D eigenvalue weighted by atomic mass is 10.0. The first-order chi connectivity index (χ1) is 15.9. The lowest BCUT2D eigenvalue weighted by Gasteiger charge is -2.31. The monoisotopic (exact) mass is 498 g/mol. The van der Waals surface area contributed by atoms with Gasteiger partial charge in [0.25, 0.3) is 0 Å². The van der Waals surface area contributed by atoms with Crippen LogP contribution in [0, 0.1) is 26.7 Å². The largest absolute Gasteiger partial charge is 0.405 e. The van der Waals surface area contributed by atoms with Gasteiger partial charge < -0.3 is 26.0 Å². The summed E-state index contributed by atoms with van der Waals surface area (Å²) in [6.45, 7) is 3.65. The van der Waals surface area contributed by atoms with E-state index in [2.05, 4.69) is 30.6 Å². The molecule has 9 nitrogen and oxygen atoms in total. The summed E-state index contributed by atoms with van der Waals surface area (Å²) in [5.41, 5.74) is 1.10. The van der Waals surface area contributed by atoms with E-state index in [1.807, 2.05) is 19.9 Å². The zero-order chi connectivity index (χ0) is 24.8. The minimum Gasteiger partial charge on any atom is -0.396 e. The van der Waals surface area contributed by atoms with Gasteiger partial charge in [0, 0.05) is 18.2 Å². The number of hydrogen-bond donors (Lipinski definition) is 5. The number of aliphatic hydroxyl groups is 3. The van der Waals surface area contributed by atoms with E-state index in [1.54, 1.807) is 6.92 Å². The van der Waals surface area contributed by atoms with Crippen LogP contribution in [0.2, 0.25) is 0 Å². The molecule has 3 heterocycles. The maximum absolute atomic E-state index is 12.8. The highest BCUT2D eigenvalue weighted by molar-refractivity contribution is 7.21. The molecule has 0 aromatic carbocycles. The molecule has 5 N–H and O–H groups in total. The summed E-state index contributed by atoms with van der Waals surface area (Å²) < 4.78 is 39.1. The molecule has 0 spiro atoms. The van der Waals surface area contributed by atoms with Gasteiger partial charge in [-0.05, 0) is 39.7 Å². The molecule has 1 saturated carbocycles. The number of hydrogen-bond acceptors (Lipinski definition) is 10. The Balaban J connectivity index is 1.81. The van der Waals surface area contributed by atoms with Gasteiger partial charge >= 0.3 is 6.18 Å². The minimum absolute atomic E-state index is 0.0266. The van der Waals surface area contributed by atoms with E-state index in [-0.39, 0.29) is 24.8 Å². The molecule has 0 radical (unpaired) electrons. The predicted molar refractivity (Wildman–Crippen MR) is 122 cm³/mol. The number of aryl methyl sites for hydroxylation is 3. The number of aliphatic hydroxyl groups excluding tert-OH is 2. The van der Waals surface area contributed by atoms with Crippen LogP contribution in [0.1, 0.15) is 29.9 Å². The van der Waals surface area contributed by atoms with Crippen LogP contribution in [-0.2, 0) is 0 Å². The molecule has 13 heteroatoms. The zero-order valence-electron chi connectivity index (χ0n) is 18.7. The number of fused-ring (bicyclic) bond motifs is 1. The van der Waals surface area contributed by atoms with Crippen LogP contribution in [-0.4, -0.2) is 66.4 Å². The van der Waals surface area contributed by atoms with Crippen LogP contribution in [0.5, 0.6) is 0 Å². The number of nitrogens with zero attached hydrogens (tertiary/aromatic N) is 4. The molecule has 34 heavy (non-hydrogen) atoms. The average Bonchev–Trinajstić information content (AvgIpc) is 3.27. The average molecular weight is 499 g/mol. The van der Waals surface area contributed by atoms with E-state index in [0.29, 0.717) is 28.2 Å². The number of rotatable bonds is 6. The van der Waals surface area contributed by atoms with Crippen molar-refractivity contribution < 1.29 is 28.5 Å². The molecular weight excluding hydrogens is 473 g/mol. The summed E-state index contributed by atoms with van der Waals surface area (Å²) in [4.78, 5) is 17.5. The highest BCUT2D eigenvalue weighted by atomic mass is 32.1. The molecule has 0 bridgehead atoms. The van der Waals surface area contributed by atoms with Crippen LogP contribution >= 0.6 is 11.3 Å². The third kappa shape index (κ3) is 4.78. The fraction of sp³-hybridized carbons (Fsp3) is 0.524. The molecule has 3 atom stereocenters. The topological polar surface area (TPSA) is 136 Å². The molecule has 0 amide bonds. The summed E-state index contributed by atoms with van der Waals surface area (Å²) in [6.07, 6.45) is -5.33. The van der Waals surface area contributed by atoms with Gasteiger partial charge in [-0.15, -0.1) is 11.3 Å². The first-order valence-electron chi connectivity index (χ1n) is 10.6. The lowest BCUT2D eigenvalue weighted by Crippen LogP contribution is -2.48. The van der Waals surface area contributed by atoms with Gasteiger partial charge in [-0.3, -0.25) is 4.98 Å². The maximum atomic E-state index is 12.8. The van der Waals surface area contributed by atoms with Crippen molar-refractivity contribution in [1.82, 2.24) is 19.9 Å². The van der Waals surface area contributed by atoms with Crippen molar-refractivity contribution in [3.8, 4) is 10.6 Å². The van der Waals surface area contributed by atoms with Crippen LogP contribution in [0.25, 0.3) is 20.8 Å². The van der Waals surface area contributed by atoms with Crippen molar-refractivity contribution >= 4 is 33.3 Å². The Bertz CT molecular complexity index is 1220. The highest BCUT2D eigenvalue weighted by Crippen LogP contribution is 2.41. The number of nitrogens with one attached hydrogen (secondary N) is 2. The number of anilines is 2. The third-order valence-corrected chi connectivity index (χ3v) is 6.85. The SMILES string of the molecule is Cc1cc2sc(-c3c(C)nc(NCC(F)(F)F)nc3N[C@@]3(O)CC[C@H](CO)[C@H]3O)nc2c(C)n1. The van der Waals surface area contributed by atoms with E-state index >= 15 is 0 Å². The molecule has 3 aromatic rings. The van der Waals surface area contributed by atoms with Gasteiger partial charge in [0.15, 0.2) is 5.72 Å². The summed E-state index contributed by atoms with van der Waals surface area (Å²) in [5.74, 6) is -0.810. The lowest BCUT2D eigenvalue weighted by molar-refractivity contribution is -0.115. The van der Waals surface area contributed by atoms with Crippen molar-refractivity contribution in [2.75, 3.05) is 23.8 Å². The van der Waals surface area contributed by atoms with E-state index in [4.69, 9.17) is 0 Å². The Morgan fingerprint density at radius 3 is 2.53 bits per heavy atom. The Kier molecular flexibility index (Phi) is 6.40. The second kappa shape index (κ2) is 8.87. The fourth-order valence-corrected chi connectivity index (χ4v) is 5.36. The van der Waals surface area contributed by atoms with Gasteiger partial charge in [0.1, 0.15) is 29.0 Å². The molecular formula is C21H25F3N6O3S. The number of halogens is 3. The summed E-state index contributed by atoms with van der Waals surface area (Å²) in [6, 6.07) is 1.88. The molecule has 0 aliphatic heterocycles. The smallest absolute Gasteiger partial charge is 0.396 e. The number of pyridine rings is 1. The van der Waals surface area contributed by atoms with Gasteiger partial charge in [-0.2, -0.15) is 18.2 Å². The van der Waals surface area contributed by atoms with Crippen molar-refractivity contribution in [2.45, 2.75) is 51.6 Å². The van der Waals surface area contributed by atoms with Crippen molar-refractivity contribution in [1.29, 1.82) is 0 Å². The van der Waals surface area contributed by atoms with Crippen LogP contribution in [0.15, 0.2) is 6.07 Å². The predicted octanol–water partition coefficient (Wildman–Crippen LogP) is 2.91. The summed E-state index contributed by atoms with van der Waals surface area (Å²) in [5, 5.41) is 36.6. The molecule has 0 saturated heterocycles. The van der Waals surface area contributed by atoms with Gasteiger partial charge in [0.2, 0.25) is 5.95 Å². The number of alkyl halides is 3. The second-order valence-corrected chi connectivity index (χ2v) is 9.55. The van der Waals surface area contributed by atoms with Crippen LogP contribution < -0.4 is 10.6 Å². The normalized spacial score (nSPS) is 23.0. The van der Waals surface area contributed by atoms with Crippen LogP contribution in [0.4, 0.5) is 24.9 Å². The van der Waals surface area contributed by atoms with Gasteiger partial charge in [-0.1, -0.05) is 0 Å². The standard InChI is InChI=1S/C21H25F3N6O3S/c1-9-6-13-15(11(3)26-9)28-18(34-13)14-10(2)27-19(25-8-21(22,23)24)29-17(14)30-20(33)5-4-12(7-31)16(20)32/h6,12,16,31-33H,4-5,7-8H2,1-3H3,(H2,25,27,29,30)/t12-,16-,20-/m1/s1. The third-order valence-electron chi connectivity index (χ3n) is 5.83. The van der Waals surface area contributed by atoms with E-state index in [9.17, 15) is 28.5 Å². The zero-order valence-corrected chi connectivity index (χ0v) is 19.5. The molecule has 1 aliphatic rings. The van der Waals surface area contributed by atoms with E-state index < -0.39 is 30.5 Å². The molecule has 0 unspecified atom stereocenters. The first-order valence-corrected chi connectivity index (χ1v) is 11.5.